The van der Waals surface area contributed by atoms with Crippen molar-refractivity contribution in [2.75, 3.05) is 37.7 Å². The number of amides is 1. The smallest absolute Gasteiger partial charge is 0.337 e. The number of halogens is 3. The SMILES string of the molecule is Cn1nc(C(=O)N2CCC(N3CCSCC3)CC2)cc1C(F)(F)F. The number of aromatic nitrogens is 2. The van der Waals surface area contributed by atoms with Crippen LogP contribution >= 0.6 is 11.8 Å². The minimum Gasteiger partial charge on any atom is -0.337 e. The average molecular weight is 362 g/mol. The second-order valence-corrected chi connectivity index (χ2v) is 7.43. The minimum atomic E-state index is -4.50. The monoisotopic (exact) mass is 362 g/mol. The molecule has 2 saturated heterocycles. The number of carbonyl (C=O) groups is 1. The Balaban J connectivity index is 1.61. The Morgan fingerprint density at radius 2 is 1.83 bits per heavy atom. The normalized spacial score (nSPS) is 21.2. The third kappa shape index (κ3) is 3.72. The van der Waals surface area contributed by atoms with E-state index < -0.39 is 17.8 Å². The number of rotatable bonds is 2. The van der Waals surface area contributed by atoms with Gasteiger partial charge < -0.3 is 4.90 Å². The second-order valence-electron chi connectivity index (χ2n) is 6.21. The zero-order valence-corrected chi connectivity index (χ0v) is 14.4. The van der Waals surface area contributed by atoms with E-state index in [0.29, 0.717) is 19.1 Å². The van der Waals surface area contributed by atoms with Gasteiger partial charge in [-0.15, -0.1) is 0 Å². The molecule has 0 atom stereocenters. The molecule has 1 aromatic heterocycles. The van der Waals surface area contributed by atoms with Gasteiger partial charge in [0.2, 0.25) is 0 Å². The highest BCUT2D eigenvalue weighted by Crippen LogP contribution is 2.30. The van der Waals surface area contributed by atoms with E-state index in [-0.39, 0.29) is 5.69 Å². The molecule has 0 saturated carbocycles. The number of piperidine rings is 1. The number of thioether (sulfide) groups is 1. The maximum absolute atomic E-state index is 12.8. The summed E-state index contributed by atoms with van der Waals surface area (Å²) in [4.78, 5) is 16.5. The second kappa shape index (κ2) is 6.95. The molecule has 3 rings (SSSR count). The number of carbonyl (C=O) groups excluding carboxylic acids is 1. The summed E-state index contributed by atoms with van der Waals surface area (Å²) in [6.07, 6.45) is -2.76. The topological polar surface area (TPSA) is 41.4 Å². The van der Waals surface area contributed by atoms with Gasteiger partial charge in [-0.1, -0.05) is 0 Å². The first-order valence-corrected chi connectivity index (χ1v) is 9.24. The van der Waals surface area contributed by atoms with Crippen LogP contribution in [0, 0.1) is 0 Å². The van der Waals surface area contributed by atoms with Crippen molar-refractivity contribution in [1.82, 2.24) is 19.6 Å². The lowest BCUT2D eigenvalue weighted by Gasteiger charge is -2.39. The van der Waals surface area contributed by atoms with Crippen LogP contribution in [0.15, 0.2) is 6.07 Å². The fourth-order valence-corrected chi connectivity index (χ4v) is 4.31. The van der Waals surface area contributed by atoms with E-state index in [9.17, 15) is 18.0 Å². The molecule has 0 unspecified atom stereocenters. The summed E-state index contributed by atoms with van der Waals surface area (Å²) >= 11 is 1.96. The zero-order valence-electron chi connectivity index (χ0n) is 13.6. The summed E-state index contributed by atoms with van der Waals surface area (Å²) in [6, 6.07) is 1.32. The van der Waals surface area contributed by atoms with Crippen LogP contribution in [0.3, 0.4) is 0 Å². The Kier molecular flexibility index (Phi) is 5.10. The molecule has 1 amide bonds. The van der Waals surface area contributed by atoms with Crippen LogP contribution in [-0.4, -0.2) is 69.2 Å². The molecule has 5 nitrogen and oxygen atoms in total. The van der Waals surface area contributed by atoms with Crippen LogP contribution < -0.4 is 0 Å². The molecule has 1 aromatic rings. The lowest BCUT2D eigenvalue weighted by molar-refractivity contribution is -0.143. The van der Waals surface area contributed by atoms with Gasteiger partial charge in [0.15, 0.2) is 5.69 Å². The summed E-state index contributed by atoms with van der Waals surface area (Å²) in [7, 11) is 1.21. The standard InChI is InChI=1S/C15H21F3N4OS/c1-20-13(15(16,17)18)10-12(19-20)14(23)22-4-2-11(3-5-22)21-6-8-24-9-7-21/h10-11H,2-9H2,1H3. The van der Waals surface area contributed by atoms with Gasteiger partial charge in [0.25, 0.3) is 5.91 Å². The van der Waals surface area contributed by atoms with Gasteiger partial charge in [0.1, 0.15) is 5.69 Å². The molecule has 0 radical (unpaired) electrons. The van der Waals surface area contributed by atoms with Gasteiger partial charge in [-0.25, -0.2) is 0 Å². The van der Waals surface area contributed by atoms with Crippen molar-refractivity contribution < 1.29 is 18.0 Å². The third-order valence-corrected chi connectivity index (χ3v) is 5.65. The quantitative estimate of drug-likeness (QED) is 0.808. The Morgan fingerprint density at radius 3 is 2.38 bits per heavy atom. The minimum absolute atomic E-state index is 0.127. The zero-order chi connectivity index (χ0) is 17.3. The molecular formula is C15H21F3N4OS. The number of nitrogens with zero attached hydrogens (tertiary/aromatic N) is 4. The van der Waals surface area contributed by atoms with E-state index in [1.54, 1.807) is 4.90 Å². The molecule has 3 heterocycles. The Hall–Kier alpha value is -1.22. The number of hydrogen-bond donors (Lipinski definition) is 0. The number of alkyl halides is 3. The summed E-state index contributed by atoms with van der Waals surface area (Å²) in [5.74, 6) is 1.88. The Bertz CT molecular complexity index is 590. The highest BCUT2D eigenvalue weighted by molar-refractivity contribution is 7.99. The molecule has 0 spiro atoms. The molecule has 0 aliphatic carbocycles. The Labute approximate surface area is 143 Å². The summed E-state index contributed by atoms with van der Waals surface area (Å²) in [5, 5.41) is 3.75. The van der Waals surface area contributed by atoms with Crippen molar-refractivity contribution in [3.05, 3.63) is 17.5 Å². The van der Waals surface area contributed by atoms with Crippen molar-refractivity contribution in [2.24, 2.45) is 7.05 Å². The highest BCUT2D eigenvalue weighted by Gasteiger charge is 2.37. The lowest BCUT2D eigenvalue weighted by atomic mass is 10.0. The summed E-state index contributed by atoms with van der Waals surface area (Å²) in [6.45, 7) is 3.31. The van der Waals surface area contributed by atoms with E-state index >= 15 is 0 Å². The van der Waals surface area contributed by atoms with Crippen LogP contribution in [0.4, 0.5) is 13.2 Å². The van der Waals surface area contributed by atoms with Crippen molar-refractivity contribution in [2.45, 2.75) is 25.1 Å². The molecular weight excluding hydrogens is 341 g/mol. The first-order valence-electron chi connectivity index (χ1n) is 8.08. The Morgan fingerprint density at radius 1 is 1.21 bits per heavy atom. The van der Waals surface area contributed by atoms with Crippen molar-refractivity contribution in [3.8, 4) is 0 Å². The average Bonchev–Trinajstić information content (AvgIpc) is 2.97. The summed E-state index contributed by atoms with van der Waals surface area (Å²) in [5.41, 5.74) is -1.02. The molecule has 0 N–H and O–H groups in total. The van der Waals surface area contributed by atoms with Gasteiger partial charge in [0.05, 0.1) is 0 Å². The fraction of sp³-hybridized carbons (Fsp3) is 0.733. The molecule has 9 heteroatoms. The number of hydrogen-bond acceptors (Lipinski definition) is 4. The molecule has 134 valence electrons. The molecule has 24 heavy (non-hydrogen) atoms. The van der Waals surface area contributed by atoms with E-state index in [0.717, 1.165) is 48.2 Å². The fourth-order valence-electron chi connectivity index (χ4n) is 3.38. The van der Waals surface area contributed by atoms with Gasteiger partial charge in [-0.05, 0) is 12.8 Å². The van der Waals surface area contributed by atoms with Gasteiger partial charge in [-0.2, -0.15) is 30.0 Å². The highest BCUT2D eigenvalue weighted by atomic mass is 32.2. The van der Waals surface area contributed by atoms with E-state index in [4.69, 9.17) is 0 Å². The maximum Gasteiger partial charge on any atom is 0.433 e. The predicted octanol–water partition coefficient (Wildman–Crippen LogP) is 2.09. The van der Waals surface area contributed by atoms with Crippen molar-refractivity contribution in [3.63, 3.8) is 0 Å². The maximum atomic E-state index is 12.8. The van der Waals surface area contributed by atoms with Crippen molar-refractivity contribution in [1.29, 1.82) is 0 Å². The van der Waals surface area contributed by atoms with Gasteiger partial charge in [-0.3, -0.25) is 14.4 Å². The molecule has 2 aliphatic rings. The summed E-state index contributed by atoms with van der Waals surface area (Å²) < 4.78 is 39.2. The predicted molar refractivity (Wildman–Crippen MR) is 86.0 cm³/mol. The molecule has 2 aliphatic heterocycles. The first kappa shape index (κ1) is 17.6. The molecule has 0 bridgehead atoms. The van der Waals surface area contributed by atoms with Crippen LogP contribution in [0.2, 0.25) is 0 Å². The largest absolute Gasteiger partial charge is 0.433 e. The van der Waals surface area contributed by atoms with Gasteiger partial charge >= 0.3 is 6.18 Å². The van der Waals surface area contributed by atoms with E-state index in [1.807, 2.05) is 11.8 Å². The number of aryl methyl sites for hydroxylation is 1. The molecule has 2 fully saturated rings. The van der Waals surface area contributed by atoms with Crippen molar-refractivity contribution >= 4 is 17.7 Å². The van der Waals surface area contributed by atoms with Crippen LogP contribution in [0.25, 0.3) is 0 Å². The lowest BCUT2D eigenvalue weighted by Crippen LogP contribution is -2.49. The van der Waals surface area contributed by atoms with E-state index in [2.05, 4.69) is 10.00 Å². The third-order valence-electron chi connectivity index (χ3n) is 4.70. The van der Waals surface area contributed by atoms with Crippen LogP contribution in [0.5, 0.6) is 0 Å². The first-order chi connectivity index (χ1) is 11.4. The number of likely N-dealkylation sites (tertiary alicyclic amines) is 1. The van der Waals surface area contributed by atoms with Gasteiger partial charge in [0, 0.05) is 56.8 Å². The van der Waals surface area contributed by atoms with Crippen LogP contribution in [0.1, 0.15) is 29.0 Å². The van der Waals surface area contributed by atoms with E-state index in [1.165, 1.54) is 7.05 Å². The molecule has 0 aromatic carbocycles. The van der Waals surface area contributed by atoms with Crippen LogP contribution in [-0.2, 0) is 13.2 Å².